The summed E-state index contributed by atoms with van der Waals surface area (Å²) in [7, 11) is -4.45. The number of nitrogens with two attached hydrogens (primary N) is 2. The third-order valence-corrected chi connectivity index (χ3v) is 2.00. The largest absolute Gasteiger partial charge is 0.529 e. The fourth-order valence-corrected chi connectivity index (χ4v) is 1.20. The van der Waals surface area contributed by atoms with Crippen LogP contribution in [0.2, 0.25) is 0 Å². The van der Waals surface area contributed by atoms with E-state index in [0.29, 0.717) is 0 Å². The Labute approximate surface area is 80.4 Å². The van der Waals surface area contributed by atoms with E-state index >= 15 is 0 Å². The second-order valence-electron chi connectivity index (χ2n) is 2.29. The summed E-state index contributed by atoms with van der Waals surface area (Å²) in [6.45, 7) is -0.903. The van der Waals surface area contributed by atoms with E-state index in [1.54, 1.807) is 0 Å². The molecule has 0 aliphatic rings. The van der Waals surface area contributed by atoms with Gasteiger partial charge in [0, 0.05) is 6.54 Å². The fourth-order valence-electron chi connectivity index (χ4n) is 0.450. The van der Waals surface area contributed by atoms with Gasteiger partial charge in [-0.25, -0.2) is 9.36 Å². The molecule has 0 aromatic heterocycles. The van der Waals surface area contributed by atoms with Gasteiger partial charge in [0.25, 0.3) is 0 Å². The van der Waals surface area contributed by atoms with Crippen molar-refractivity contribution in [1.82, 2.24) is 0 Å². The van der Waals surface area contributed by atoms with Crippen molar-refractivity contribution in [2.24, 2.45) is 11.5 Å². The lowest BCUT2D eigenvalue weighted by atomic mass is 10.3. The predicted octanol–water partition coefficient (Wildman–Crippen LogP) is -2.08. The van der Waals surface area contributed by atoms with Gasteiger partial charge in [0.15, 0.2) is 0 Å². The van der Waals surface area contributed by atoms with Crippen molar-refractivity contribution < 1.29 is 28.4 Å². The number of carbonyl (C=O) groups is 1. The molecule has 0 radical (unpaired) electrons. The van der Waals surface area contributed by atoms with Crippen LogP contribution in [-0.2, 0) is 18.4 Å². The Hall–Kier alpha value is -0.500. The minimum atomic E-state index is -4.45. The Morgan fingerprint density at radius 2 is 2.14 bits per heavy atom. The molecule has 0 saturated carbocycles. The molecule has 0 fully saturated rings. The van der Waals surface area contributed by atoms with Crippen molar-refractivity contribution in [2.45, 2.75) is 6.04 Å². The van der Waals surface area contributed by atoms with Crippen LogP contribution in [0, 0.1) is 0 Å². The Bertz CT molecular complexity index is 234. The second-order valence-corrected chi connectivity index (χ2v) is 3.67. The molecule has 0 aromatic carbocycles. The average Bonchev–Trinajstić information content (AvgIpc) is 2.12. The maximum absolute atomic E-state index is 10.9. The molecular formula is C5H13N2O6P. The number of rotatable bonds is 6. The molecule has 14 heavy (non-hydrogen) atoms. The van der Waals surface area contributed by atoms with Crippen LogP contribution in [0.25, 0.3) is 0 Å². The smallest absolute Gasteiger partial charge is 0.394 e. The molecule has 0 saturated heterocycles. The number of hydrogen-bond acceptors (Lipinski definition) is 7. The first kappa shape index (κ1) is 13.5. The first-order valence-electron chi connectivity index (χ1n) is 3.70. The minimum Gasteiger partial charge on any atom is -0.394 e. The van der Waals surface area contributed by atoms with Gasteiger partial charge in [-0.1, -0.05) is 0 Å². The molecule has 0 rings (SSSR count). The number of hydrogen-bond donors (Lipinski definition) is 4. The summed E-state index contributed by atoms with van der Waals surface area (Å²) in [6.07, 6.45) is 0. The van der Waals surface area contributed by atoms with Crippen molar-refractivity contribution in [3.05, 3.63) is 0 Å². The van der Waals surface area contributed by atoms with Crippen LogP contribution in [0.1, 0.15) is 0 Å². The van der Waals surface area contributed by atoms with Gasteiger partial charge in [0.1, 0.15) is 6.04 Å². The molecular weight excluding hydrogens is 215 g/mol. The maximum Gasteiger partial charge on any atom is 0.529 e. The van der Waals surface area contributed by atoms with Crippen molar-refractivity contribution in [2.75, 3.05) is 19.8 Å². The van der Waals surface area contributed by atoms with Crippen LogP contribution >= 0.6 is 7.82 Å². The van der Waals surface area contributed by atoms with E-state index in [4.69, 9.17) is 21.5 Å². The molecule has 0 bridgehead atoms. The summed E-state index contributed by atoms with van der Waals surface area (Å²) in [5, 5.41) is 8.42. The zero-order valence-electron chi connectivity index (χ0n) is 7.33. The van der Waals surface area contributed by atoms with Gasteiger partial charge < -0.3 is 21.1 Å². The van der Waals surface area contributed by atoms with Gasteiger partial charge in [-0.15, -0.1) is 0 Å². The van der Waals surface area contributed by atoms with Crippen LogP contribution in [0.3, 0.4) is 0 Å². The molecule has 6 N–H and O–H groups in total. The number of aliphatic hydroxyl groups is 1. The van der Waals surface area contributed by atoms with E-state index in [2.05, 4.69) is 9.05 Å². The summed E-state index contributed by atoms with van der Waals surface area (Å²) in [5.41, 5.74) is 10.0. The Kier molecular flexibility index (Phi) is 5.86. The van der Waals surface area contributed by atoms with Crippen LogP contribution in [-0.4, -0.2) is 41.8 Å². The van der Waals surface area contributed by atoms with E-state index in [9.17, 15) is 9.36 Å². The summed E-state index contributed by atoms with van der Waals surface area (Å²) >= 11 is 0. The van der Waals surface area contributed by atoms with E-state index in [-0.39, 0.29) is 13.2 Å². The predicted molar refractivity (Wildman–Crippen MR) is 46.0 cm³/mol. The monoisotopic (exact) mass is 228 g/mol. The van der Waals surface area contributed by atoms with E-state index < -0.39 is 26.4 Å². The molecule has 0 aliphatic heterocycles. The lowest BCUT2D eigenvalue weighted by Crippen LogP contribution is -2.35. The number of aliphatic hydroxyl groups excluding tert-OH is 1. The highest BCUT2D eigenvalue weighted by molar-refractivity contribution is 7.48. The highest BCUT2D eigenvalue weighted by Gasteiger charge is 2.28. The number of phosphoric ester groups is 1. The Morgan fingerprint density at radius 3 is 2.57 bits per heavy atom. The van der Waals surface area contributed by atoms with Crippen molar-refractivity contribution in [1.29, 1.82) is 0 Å². The van der Waals surface area contributed by atoms with Gasteiger partial charge in [0.2, 0.25) is 0 Å². The normalized spacial score (nSPS) is 17.1. The minimum absolute atomic E-state index is 0.00809. The Balaban J connectivity index is 4.08. The SMILES string of the molecule is NCCOP(=O)(O)OC(=O)C(N)CO. The number of carbonyl (C=O) groups excluding carboxylic acids is 1. The zero-order valence-corrected chi connectivity index (χ0v) is 8.22. The van der Waals surface area contributed by atoms with Crippen molar-refractivity contribution >= 4 is 13.8 Å². The van der Waals surface area contributed by atoms with E-state index in [1.807, 2.05) is 0 Å². The first-order chi connectivity index (χ1) is 6.43. The van der Waals surface area contributed by atoms with Gasteiger partial charge in [-0.05, 0) is 0 Å². The zero-order chi connectivity index (χ0) is 11.2. The van der Waals surface area contributed by atoms with Gasteiger partial charge >= 0.3 is 13.8 Å². The highest BCUT2D eigenvalue weighted by Crippen LogP contribution is 2.43. The molecule has 84 valence electrons. The van der Waals surface area contributed by atoms with Gasteiger partial charge in [0.05, 0.1) is 13.2 Å². The quantitative estimate of drug-likeness (QED) is 0.379. The average molecular weight is 228 g/mol. The molecule has 0 amide bonds. The fraction of sp³-hybridized carbons (Fsp3) is 0.800. The number of phosphoric acid groups is 1. The van der Waals surface area contributed by atoms with Crippen LogP contribution in [0.5, 0.6) is 0 Å². The van der Waals surface area contributed by atoms with Crippen LogP contribution < -0.4 is 11.5 Å². The third-order valence-electron chi connectivity index (χ3n) is 1.08. The molecule has 2 unspecified atom stereocenters. The molecule has 0 aromatic rings. The van der Waals surface area contributed by atoms with Crippen molar-refractivity contribution in [3.63, 3.8) is 0 Å². The first-order valence-corrected chi connectivity index (χ1v) is 5.19. The maximum atomic E-state index is 10.9. The summed E-state index contributed by atoms with van der Waals surface area (Å²) in [5.74, 6) is -1.21. The molecule has 2 atom stereocenters. The topological polar surface area (TPSA) is 145 Å². The van der Waals surface area contributed by atoms with E-state index in [1.165, 1.54) is 0 Å². The van der Waals surface area contributed by atoms with Gasteiger partial charge in [-0.2, -0.15) is 0 Å². The van der Waals surface area contributed by atoms with Crippen molar-refractivity contribution in [3.8, 4) is 0 Å². The van der Waals surface area contributed by atoms with Gasteiger partial charge in [-0.3, -0.25) is 9.42 Å². The van der Waals surface area contributed by atoms with Crippen LogP contribution in [0.4, 0.5) is 0 Å². The standard InChI is InChI=1S/C5H13N2O6P/c6-1-2-12-14(10,11)13-5(9)4(7)3-8/h4,8H,1-3,6-7H2,(H,10,11). The molecule has 9 heteroatoms. The summed E-state index contributed by atoms with van der Waals surface area (Å²) < 4.78 is 19.2. The lowest BCUT2D eigenvalue weighted by Gasteiger charge is -2.13. The lowest BCUT2D eigenvalue weighted by molar-refractivity contribution is -0.138. The second kappa shape index (κ2) is 6.07. The summed E-state index contributed by atoms with van der Waals surface area (Å²) in [4.78, 5) is 19.7. The molecule has 0 heterocycles. The summed E-state index contributed by atoms with van der Waals surface area (Å²) in [6, 6.07) is -1.36. The molecule has 0 aliphatic carbocycles. The Morgan fingerprint density at radius 1 is 1.57 bits per heavy atom. The molecule has 0 spiro atoms. The third kappa shape index (κ3) is 5.28. The highest BCUT2D eigenvalue weighted by atomic mass is 31.2. The molecule has 8 nitrogen and oxygen atoms in total. The van der Waals surface area contributed by atoms with E-state index in [0.717, 1.165) is 0 Å². The van der Waals surface area contributed by atoms with Crippen LogP contribution in [0.15, 0.2) is 0 Å².